The molecule has 0 bridgehead atoms. The van der Waals surface area contributed by atoms with E-state index >= 15 is 0 Å². The van der Waals surface area contributed by atoms with E-state index in [9.17, 15) is 5.11 Å². The predicted octanol–water partition coefficient (Wildman–Crippen LogP) is 0.233. The average Bonchev–Trinajstić information content (AvgIpc) is 2.89. The first-order valence-corrected chi connectivity index (χ1v) is 8.04. The molecule has 1 aromatic heterocycles. The molecule has 1 aliphatic rings. The Morgan fingerprint density at radius 3 is 2.50 bits per heavy atom. The van der Waals surface area contributed by atoms with Gasteiger partial charge in [0.05, 0.1) is 12.6 Å². The summed E-state index contributed by atoms with van der Waals surface area (Å²) in [6, 6.07) is 0. The Labute approximate surface area is 132 Å². The van der Waals surface area contributed by atoms with Crippen molar-refractivity contribution in [3.63, 3.8) is 0 Å². The summed E-state index contributed by atoms with van der Waals surface area (Å²) in [5.74, 6) is 1.52. The molecular weight excluding hydrogens is 282 g/mol. The van der Waals surface area contributed by atoms with Gasteiger partial charge in [0.15, 0.2) is 0 Å². The zero-order valence-electron chi connectivity index (χ0n) is 14.2. The molecule has 1 fully saturated rings. The van der Waals surface area contributed by atoms with Gasteiger partial charge in [-0.15, -0.1) is 10.2 Å². The molecule has 1 aromatic rings. The largest absolute Gasteiger partial charge is 0.424 e. The first kappa shape index (κ1) is 17.3. The molecule has 126 valence electrons. The molecule has 1 atom stereocenters. The molecule has 0 spiro atoms. The molecule has 7 nitrogen and oxygen atoms in total. The summed E-state index contributed by atoms with van der Waals surface area (Å²) in [7, 11) is 4.10. The molecule has 1 saturated heterocycles. The van der Waals surface area contributed by atoms with E-state index in [4.69, 9.17) is 4.42 Å². The minimum atomic E-state index is -0.360. The van der Waals surface area contributed by atoms with Gasteiger partial charge in [0, 0.05) is 45.2 Å². The van der Waals surface area contributed by atoms with E-state index in [1.54, 1.807) is 0 Å². The Hall–Kier alpha value is -1.02. The number of likely N-dealkylation sites (N-methyl/N-ethyl adjacent to an activating group) is 2. The fourth-order valence-corrected chi connectivity index (χ4v) is 2.61. The van der Waals surface area contributed by atoms with Crippen LogP contribution in [0.3, 0.4) is 0 Å². The lowest BCUT2D eigenvalue weighted by Crippen LogP contribution is -2.48. The lowest BCUT2D eigenvalue weighted by atomic mass is 10.2. The molecule has 1 unspecified atom stereocenters. The quantitative estimate of drug-likeness (QED) is 0.773. The van der Waals surface area contributed by atoms with E-state index in [2.05, 4.69) is 27.0 Å². The molecule has 0 saturated carbocycles. The first-order valence-electron chi connectivity index (χ1n) is 8.04. The van der Waals surface area contributed by atoms with Crippen molar-refractivity contribution in [2.75, 3.05) is 53.4 Å². The molecule has 7 heteroatoms. The van der Waals surface area contributed by atoms with E-state index in [0.717, 1.165) is 32.7 Å². The van der Waals surface area contributed by atoms with Gasteiger partial charge in [0.25, 0.3) is 0 Å². The molecule has 0 amide bonds. The fraction of sp³-hybridized carbons (Fsp3) is 0.867. The number of aliphatic hydroxyl groups excluding tert-OH is 1. The molecule has 2 rings (SSSR count). The topological polar surface area (TPSA) is 68.9 Å². The van der Waals surface area contributed by atoms with Gasteiger partial charge in [-0.3, -0.25) is 9.80 Å². The van der Waals surface area contributed by atoms with E-state index in [0.29, 0.717) is 24.9 Å². The van der Waals surface area contributed by atoms with Crippen molar-refractivity contribution < 1.29 is 9.52 Å². The van der Waals surface area contributed by atoms with Gasteiger partial charge in [-0.1, -0.05) is 13.8 Å². The number of aliphatic hydroxyl groups is 1. The predicted molar refractivity (Wildman–Crippen MR) is 84.7 cm³/mol. The van der Waals surface area contributed by atoms with Crippen LogP contribution in [0.1, 0.15) is 31.5 Å². The van der Waals surface area contributed by atoms with Crippen LogP contribution in [-0.2, 0) is 6.54 Å². The lowest BCUT2D eigenvalue weighted by Gasteiger charge is -2.34. The standard InChI is InChI=1S/C15H29N5O2/c1-12(2)15-17-16-14(22-15)11-19(4)9-13(21)10-20-7-5-18(3)6-8-20/h12-13,21H,5-11H2,1-4H3. The van der Waals surface area contributed by atoms with Crippen molar-refractivity contribution in [2.45, 2.75) is 32.4 Å². The second kappa shape index (κ2) is 8.01. The third-order valence-electron chi connectivity index (χ3n) is 3.97. The minimum Gasteiger partial charge on any atom is -0.424 e. The van der Waals surface area contributed by atoms with Gasteiger partial charge < -0.3 is 14.4 Å². The molecule has 22 heavy (non-hydrogen) atoms. The Morgan fingerprint density at radius 2 is 1.91 bits per heavy atom. The fourth-order valence-electron chi connectivity index (χ4n) is 2.61. The van der Waals surface area contributed by atoms with Crippen LogP contribution in [0.2, 0.25) is 0 Å². The van der Waals surface area contributed by atoms with Gasteiger partial charge in [-0.25, -0.2) is 0 Å². The Morgan fingerprint density at radius 1 is 1.23 bits per heavy atom. The van der Waals surface area contributed by atoms with E-state index in [1.807, 2.05) is 25.8 Å². The van der Waals surface area contributed by atoms with Crippen molar-refractivity contribution >= 4 is 0 Å². The van der Waals surface area contributed by atoms with Crippen LogP contribution in [0.4, 0.5) is 0 Å². The minimum absolute atomic E-state index is 0.245. The summed E-state index contributed by atoms with van der Waals surface area (Å²) in [6.45, 7) is 10.1. The summed E-state index contributed by atoms with van der Waals surface area (Å²) in [4.78, 5) is 6.66. The number of nitrogens with zero attached hydrogens (tertiary/aromatic N) is 5. The van der Waals surface area contributed by atoms with Crippen LogP contribution >= 0.6 is 0 Å². The maximum atomic E-state index is 10.2. The van der Waals surface area contributed by atoms with Crippen molar-refractivity contribution in [2.24, 2.45) is 0 Å². The highest BCUT2D eigenvalue weighted by Crippen LogP contribution is 2.13. The molecular formula is C15H29N5O2. The monoisotopic (exact) mass is 311 g/mol. The highest BCUT2D eigenvalue weighted by Gasteiger charge is 2.19. The maximum Gasteiger partial charge on any atom is 0.230 e. The Bertz CT molecular complexity index is 443. The van der Waals surface area contributed by atoms with Crippen molar-refractivity contribution in [3.8, 4) is 0 Å². The van der Waals surface area contributed by atoms with Crippen LogP contribution in [0.5, 0.6) is 0 Å². The lowest BCUT2D eigenvalue weighted by molar-refractivity contribution is 0.0577. The highest BCUT2D eigenvalue weighted by atomic mass is 16.4. The van der Waals surface area contributed by atoms with Gasteiger partial charge in [0.1, 0.15) is 0 Å². The third-order valence-corrected chi connectivity index (χ3v) is 3.97. The smallest absolute Gasteiger partial charge is 0.230 e. The molecule has 1 aliphatic heterocycles. The normalized spacial score (nSPS) is 19.2. The summed E-state index contributed by atoms with van der Waals surface area (Å²) >= 11 is 0. The SMILES string of the molecule is CC(C)c1nnc(CN(C)CC(O)CN2CCN(C)CC2)o1. The van der Waals surface area contributed by atoms with Crippen LogP contribution in [0.15, 0.2) is 4.42 Å². The molecule has 2 heterocycles. The van der Waals surface area contributed by atoms with Crippen LogP contribution in [0, 0.1) is 0 Å². The Kier molecular flexibility index (Phi) is 6.31. The van der Waals surface area contributed by atoms with Crippen molar-refractivity contribution in [3.05, 3.63) is 11.8 Å². The summed E-state index contributed by atoms with van der Waals surface area (Å²) in [5, 5.41) is 18.3. The summed E-state index contributed by atoms with van der Waals surface area (Å²) < 4.78 is 5.60. The van der Waals surface area contributed by atoms with Crippen LogP contribution < -0.4 is 0 Å². The number of hydrogen-bond donors (Lipinski definition) is 1. The molecule has 0 aromatic carbocycles. The zero-order chi connectivity index (χ0) is 16.1. The number of rotatable bonds is 7. The van der Waals surface area contributed by atoms with Crippen molar-refractivity contribution in [1.82, 2.24) is 24.9 Å². The number of piperazine rings is 1. The van der Waals surface area contributed by atoms with Gasteiger partial charge >= 0.3 is 0 Å². The van der Waals surface area contributed by atoms with Gasteiger partial charge in [-0.2, -0.15) is 0 Å². The average molecular weight is 311 g/mol. The third kappa shape index (κ3) is 5.31. The second-order valence-electron chi connectivity index (χ2n) is 6.64. The van der Waals surface area contributed by atoms with E-state index < -0.39 is 0 Å². The van der Waals surface area contributed by atoms with E-state index in [1.165, 1.54) is 0 Å². The summed E-state index contributed by atoms with van der Waals surface area (Å²) in [6.07, 6.45) is -0.360. The van der Waals surface area contributed by atoms with Crippen LogP contribution in [-0.4, -0.2) is 89.5 Å². The van der Waals surface area contributed by atoms with Crippen molar-refractivity contribution in [1.29, 1.82) is 0 Å². The molecule has 0 radical (unpaired) electrons. The van der Waals surface area contributed by atoms with E-state index in [-0.39, 0.29) is 12.0 Å². The number of aromatic nitrogens is 2. The highest BCUT2D eigenvalue weighted by molar-refractivity contribution is 4.87. The first-order chi connectivity index (χ1) is 10.4. The van der Waals surface area contributed by atoms with Gasteiger partial charge in [-0.05, 0) is 14.1 Å². The second-order valence-corrected chi connectivity index (χ2v) is 6.64. The molecule has 0 aliphatic carbocycles. The Balaban J connectivity index is 1.72. The number of hydrogen-bond acceptors (Lipinski definition) is 7. The molecule has 1 N–H and O–H groups in total. The summed E-state index contributed by atoms with van der Waals surface area (Å²) in [5.41, 5.74) is 0. The van der Waals surface area contributed by atoms with Crippen LogP contribution in [0.25, 0.3) is 0 Å². The van der Waals surface area contributed by atoms with Gasteiger partial charge in [0.2, 0.25) is 11.8 Å². The number of β-amino-alcohol motifs (C(OH)–C–C–N with tert-alkyl or cyclic N) is 1. The zero-order valence-corrected chi connectivity index (χ0v) is 14.2. The maximum absolute atomic E-state index is 10.2.